The molecule has 22 heavy (non-hydrogen) atoms. The summed E-state index contributed by atoms with van der Waals surface area (Å²) in [5, 5.41) is 11.9. The lowest BCUT2D eigenvalue weighted by Crippen LogP contribution is -2.15. The first kappa shape index (κ1) is 16.0. The van der Waals surface area contributed by atoms with Crippen molar-refractivity contribution >= 4 is 0 Å². The number of nitrogens with zero attached hydrogens (tertiary/aromatic N) is 2. The van der Waals surface area contributed by atoms with Gasteiger partial charge in [0.05, 0.1) is 11.8 Å². The van der Waals surface area contributed by atoms with Crippen molar-refractivity contribution in [3.63, 3.8) is 0 Å². The highest BCUT2D eigenvalue weighted by Crippen LogP contribution is 2.18. The molecular weight excluding hydrogens is 274 g/mol. The van der Waals surface area contributed by atoms with Crippen LogP contribution in [0.3, 0.4) is 0 Å². The van der Waals surface area contributed by atoms with Crippen molar-refractivity contribution in [1.82, 2.24) is 10.3 Å². The van der Waals surface area contributed by atoms with Crippen LogP contribution < -0.4 is 10.1 Å². The molecule has 4 heteroatoms. The van der Waals surface area contributed by atoms with Gasteiger partial charge in [-0.05, 0) is 37.6 Å². The molecule has 2 rings (SSSR count). The average molecular weight is 295 g/mol. The Morgan fingerprint density at radius 2 is 1.95 bits per heavy atom. The van der Waals surface area contributed by atoms with Crippen LogP contribution in [-0.2, 0) is 13.2 Å². The summed E-state index contributed by atoms with van der Waals surface area (Å²) in [6, 6.07) is 16.0. The standard InChI is InChI=1S/C18H21N3O/c19-11-5-1-6-12-20-14-16-8-2-3-10-18(16)22-15-17-9-4-7-13-21-17/h2-4,7-10,13,20H,1,5-6,12,14-15H2. The number of nitriles is 1. The van der Waals surface area contributed by atoms with Crippen molar-refractivity contribution in [3.8, 4) is 11.8 Å². The van der Waals surface area contributed by atoms with Crippen molar-refractivity contribution in [3.05, 3.63) is 59.9 Å². The molecule has 4 nitrogen and oxygen atoms in total. The second-order valence-electron chi connectivity index (χ2n) is 5.01. The monoisotopic (exact) mass is 295 g/mol. The second-order valence-corrected chi connectivity index (χ2v) is 5.01. The number of hydrogen-bond acceptors (Lipinski definition) is 4. The van der Waals surface area contributed by atoms with E-state index in [9.17, 15) is 0 Å². The normalized spacial score (nSPS) is 10.1. The summed E-state index contributed by atoms with van der Waals surface area (Å²) in [4.78, 5) is 4.26. The number of hydrogen-bond donors (Lipinski definition) is 1. The highest BCUT2D eigenvalue weighted by atomic mass is 16.5. The van der Waals surface area contributed by atoms with E-state index in [0.717, 1.165) is 42.9 Å². The third-order valence-electron chi connectivity index (χ3n) is 3.28. The summed E-state index contributed by atoms with van der Waals surface area (Å²) < 4.78 is 5.87. The molecule has 1 heterocycles. The van der Waals surface area contributed by atoms with Gasteiger partial charge in [0.1, 0.15) is 12.4 Å². The molecule has 0 unspecified atom stereocenters. The van der Waals surface area contributed by atoms with Gasteiger partial charge in [0, 0.05) is 24.7 Å². The maximum atomic E-state index is 8.50. The van der Waals surface area contributed by atoms with Gasteiger partial charge in [0.15, 0.2) is 0 Å². The average Bonchev–Trinajstić information content (AvgIpc) is 2.58. The van der Waals surface area contributed by atoms with Crippen LogP contribution in [0.1, 0.15) is 30.5 Å². The van der Waals surface area contributed by atoms with Gasteiger partial charge in [-0.1, -0.05) is 24.3 Å². The molecule has 0 spiro atoms. The van der Waals surface area contributed by atoms with E-state index >= 15 is 0 Å². The molecule has 1 aromatic carbocycles. The van der Waals surface area contributed by atoms with E-state index in [1.54, 1.807) is 6.20 Å². The number of pyridine rings is 1. The highest BCUT2D eigenvalue weighted by Gasteiger charge is 2.03. The largest absolute Gasteiger partial charge is 0.487 e. The minimum absolute atomic E-state index is 0.472. The number of rotatable bonds is 9. The van der Waals surface area contributed by atoms with Crippen LogP contribution >= 0.6 is 0 Å². The molecule has 1 N–H and O–H groups in total. The van der Waals surface area contributed by atoms with Crippen LogP contribution in [0.5, 0.6) is 5.75 Å². The Morgan fingerprint density at radius 3 is 2.77 bits per heavy atom. The SMILES string of the molecule is N#CCCCCNCc1ccccc1OCc1ccccn1. The first-order chi connectivity index (χ1) is 10.9. The van der Waals surface area contributed by atoms with Gasteiger partial charge in [-0.15, -0.1) is 0 Å². The van der Waals surface area contributed by atoms with E-state index < -0.39 is 0 Å². The molecule has 0 radical (unpaired) electrons. The maximum Gasteiger partial charge on any atom is 0.130 e. The molecule has 0 fully saturated rings. The molecule has 0 aliphatic heterocycles. The lowest BCUT2D eigenvalue weighted by atomic mass is 10.2. The molecular formula is C18H21N3O. The van der Waals surface area contributed by atoms with Gasteiger partial charge in [-0.2, -0.15) is 5.26 Å². The summed E-state index contributed by atoms with van der Waals surface area (Å²) >= 11 is 0. The summed E-state index contributed by atoms with van der Waals surface area (Å²) in [6.07, 6.45) is 4.37. The van der Waals surface area contributed by atoms with Gasteiger partial charge in [-0.25, -0.2) is 0 Å². The third kappa shape index (κ3) is 5.55. The first-order valence-corrected chi connectivity index (χ1v) is 7.58. The molecule has 0 saturated heterocycles. The van der Waals surface area contributed by atoms with Crippen LogP contribution in [-0.4, -0.2) is 11.5 Å². The number of ether oxygens (including phenoxy) is 1. The van der Waals surface area contributed by atoms with Gasteiger partial charge < -0.3 is 10.1 Å². The van der Waals surface area contributed by atoms with Gasteiger partial charge in [0.25, 0.3) is 0 Å². The lowest BCUT2D eigenvalue weighted by Gasteiger charge is -2.12. The Morgan fingerprint density at radius 1 is 1.09 bits per heavy atom. The lowest BCUT2D eigenvalue weighted by molar-refractivity contribution is 0.297. The predicted molar refractivity (Wildman–Crippen MR) is 86.2 cm³/mol. The minimum atomic E-state index is 0.472. The number of aromatic nitrogens is 1. The van der Waals surface area contributed by atoms with Crippen molar-refractivity contribution in [2.45, 2.75) is 32.4 Å². The molecule has 1 aromatic heterocycles. The summed E-state index contributed by atoms with van der Waals surface area (Å²) in [6.45, 7) is 2.15. The van der Waals surface area contributed by atoms with Crippen molar-refractivity contribution in [2.75, 3.05) is 6.54 Å². The summed E-state index contributed by atoms with van der Waals surface area (Å²) in [7, 11) is 0. The van der Waals surface area contributed by atoms with Gasteiger partial charge in [0.2, 0.25) is 0 Å². The molecule has 0 saturated carbocycles. The van der Waals surface area contributed by atoms with Crippen molar-refractivity contribution in [2.24, 2.45) is 0 Å². The molecule has 2 aromatic rings. The van der Waals surface area contributed by atoms with E-state index in [2.05, 4.69) is 22.4 Å². The van der Waals surface area contributed by atoms with E-state index in [4.69, 9.17) is 10.00 Å². The Kier molecular flexibility index (Phi) is 6.94. The van der Waals surface area contributed by atoms with E-state index in [0.29, 0.717) is 13.0 Å². The summed E-state index contributed by atoms with van der Waals surface area (Å²) in [5.41, 5.74) is 2.06. The van der Waals surface area contributed by atoms with Crippen LogP contribution in [0.2, 0.25) is 0 Å². The fourth-order valence-electron chi connectivity index (χ4n) is 2.10. The van der Waals surface area contributed by atoms with Gasteiger partial charge in [-0.3, -0.25) is 4.98 Å². The topological polar surface area (TPSA) is 57.9 Å². The van der Waals surface area contributed by atoms with Crippen LogP contribution in [0, 0.1) is 11.3 Å². The van der Waals surface area contributed by atoms with Crippen LogP contribution in [0.25, 0.3) is 0 Å². The Hall–Kier alpha value is -2.38. The molecule has 0 amide bonds. The van der Waals surface area contributed by atoms with Crippen molar-refractivity contribution < 1.29 is 4.74 Å². The fourth-order valence-corrected chi connectivity index (χ4v) is 2.10. The van der Waals surface area contributed by atoms with E-state index in [1.807, 2.05) is 36.4 Å². The fraction of sp³-hybridized carbons (Fsp3) is 0.333. The molecule has 0 aliphatic carbocycles. The van der Waals surface area contributed by atoms with Crippen LogP contribution in [0.15, 0.2) is 48.7 Å². The molecule has 0 atom stereocenters. The number of nitrogens with one attached hydrogen (secondary N) is 1. The Labute approximate surface area is 131 Å². The summed E-state index contributed by atoms with van der Waals surface area (Å²) in [5.74, 6) is 0.887. The molecule has 0 bridgehead atoms. The van der Waals surface area contributed by atoms with E-state index in [-0.39, 0.29) is 0 Å². The molecule has 0 aliphatic rings. The van der Waals surface area contributed by atoms with Crippen molar-refractivity contribution in [1.29, 1.82) is 5.26 Å². The highest BCUT2D eigenvalue weighted by molar-refractivity contribution is 5.33. The van der Waals surface area contributed by atoms with Crippen LogP contribution in [0.4, 0.5) is 0 Å². The minimum Gasteiger partial charge on any atom is -0.487 e. The Balaban J connectivity index is 1.81. The zero-order chi connectivity index (χ0) is 15.5. The molecule has 114 valence electrons. The Bertz CT molecular complexity index is 593. The second kappa shape index (κ2) is 9.54. The predicted octanol–water partition coefficient (Wildman–Crippen LogP) is 3.44. The maximum absolute atomic E-state index is 8.50. The zero-order valence-electron chi connectivity index (χ0n) is 12.7. The van der Waals surface area contributed by atoms with Gasteiger partial charge >= 0.3 is 0 Å². The quantitative estimate of drug-likeness (QED) is 0.720. The number of benzene rings is 1. The number of para-hydroxylation sites is 1. The third-order valence-corrected chi connectivity index (χ3v) is 3.28. The zero-order valence-corrected chi connectivity index (χ0v) is 12.7. The number of unbranched alkanes of at least 4 members (excludes halogenated alkanes) is 2. The first-order valence-electron chi connectivity index (χ1n) is 7.58. The van der Waals surface area contributed by atoms with E-state index in [1.165, 1.54) is 0 Å². The smallest absolute Gasteiger partial charge is 0.130 e.